The zero-order chi connectivity index (χ0) is 11.8. The first-order valence-corrected chi connectivity index (χ1v) is 5.42. The molecule has 0 fully saturated rings. The van der Waals surface area contributed by atoms with Gasteiger partial charge >= 0.3 is 5.97 Å². The van der Waals surface area contributed by atoms with Crippen molar-refractivity contribution in [1.82, 2.24) is 0 Å². The average molecular weight is 220 g/mol. The van der Waals surface area contributed by atoms with Gasteiger partial charge in [0.1, 0.15) is 6.29 Å². The highest BCUT2D eigenvalue weighted by atomic mass is 16.5. The number of hydrogen-bond acceptors (Lipinski definition) is 3. The predicted molar refractivity (Wildman–Crippen MR) is 61.0 cm³/mol. The van der Waals surface area contributed by atoms with Crippen molar-refractivity contribution in [1.29, 1.82) is 0 Å². The number of ether oxygens (including phenoxy) is 1. The Morgan fingerprint density at radius 3 is 2.62 bits per heavy atom. The Kier molecular flexibility index (Phi) is 5.26. The van der Waals surface area contributed by atoms with Crippen molar-refractivity contribution in [2.75, 3.05) is 6.61 Å². The van der Waals surface area contributed by atoms with Gasteiger partial charge in [0.15, 0.2) is 0 Å². The second-order valence-corrected chi connectivity index (χ2v) is 3.54. The maximum absolute atomic E-state index is 11.6. The number of benzene rings is 1. The molecule has 0 unspecified atom stereocenters. The van der Waals surface area contributed by atoms with Crippen molar-refractivity contribution in [3.8, 4) is 0 Å². The standard InChI is InChI=1S/C13H16O3/c1-2-16-13(15)12(8-9-14)10-11-6-4-3-5-7-11/h3-7,9,12H,2,8,10H2,1H3/t12-/m0/s1. The van der Waals surface area contributed by atoms with Crippen molar-refractivity contribution >= 4 is 12.3 Å². The maximum Gasteiger partial charge on any atom is 0.309 e. The molecule has 1 aromatic carbocycles. The molecule has 86 valence electrons. The van der Waals surface area contributed by atoms with E-state index in [-0.39, 0.29) is 18.3 Å². The van der Waals surface area contributed by atoms with Crippen LogP contribution in [0.4, 0.5) is 0 Å². The van der Waals surface area contributed by atoms with Crippen LogP contribution in [0.15, 0.2) is 30.3 Å². The Morgan fingerprint density at radius 1 is 1.38 bits per heavy atom. The molecule has 0 heterocycles. The Balaban J connectivity index is 2.64. The quantitative estimate of drug-likeness (QED) is 0.544. The highest BCUT2D eigenvalue weighted by molar-refractivity contribution is 5.75. The summed E-state index contributed by atoms with van der Waals surface area (Å²) in [7, 11) is 0. The van der Waals surface area contributed by atoms with Crippen LogP contribution in [0.3, 0.4) is 0 Å². The molecule has 0 radical (unpaired) electrons. The summed E-state index contributed by atoms with van der Waals surface area (Å²) < 4.78 is 4.93. The molecule has 1 aromatic rings. The molecule has 3 nitrogen and oxygen atoms in total. The fraction of sp³-hybridized carbons (Fsp3) is 0.385. The van der Waals surface area contributed by atoms with Gasteiger partial charge in [-0.1, -0.05) is 30.3 Å². The predicted octanol–water partition coefficient (Wildman–Crippen LogP) is 2.00. The first-order chi connectivity index (χ1) is 7.77. The lowest BCUT2D eigenvalue weighted by Crippen LogP contribution is -2.20. The van der Waals surface area contributed by atoms with E-state index in [1.807, 2.05) is 30.3 Å². The van der Waals surface area contributed by atoms with Crippen molar-refractivity contribution in [2.24, 2.45) is 5.92 Å². The topological polar surface area (TPSA) is 43.4 Å². The van der Waals surface area contributed by atoms with Gasteiger partial charge in [-0.2, -0.15) is 0 Å². The molecule has 3 heteroatoms. The molecule has 0 amide bonds. The Bertz CT molecular complexity index is 332. The molecule has 0 N–H and O–H groups in total. The first kappa shape index (κ1) is 12.4. The summed E-state index contributed by atoms with van der Waals surface area (Å²) in [6.07, 6.45) is 1.54. The van der Waals surface area contributed by atoms with Crippen LogP contribution in [0.1, 0.15) is 18.9 Å². The van der Waals surface area contributed by atoms with Crippen LogP contribution < -0.4 is 0 Å². The zero-order valence-electron chi connectivity index (χ0n) is 9.39. The lowest BCUT2D eigenvalue weighted by molar-refractivity contribution is -0.148. The number of esters is 1. The highest BCUT2D eigenvalue weighted by Crippen LogP contribution is 2.13. The van der Waals surface area contributed by atoms with Crippen molar-refractivity contribution in [3.63, 3.8) is 0 Å². The van der Waals surface area contributed by atoms with Gasteiger partial charge in [0.25, 0.3) is 0 Å². The maximum atomic E-state index is 11.6. The summed E-state index contributed by atoms with van der Waals surface area (Å²) in [5.74, 6) is -0.654. The van der Waals surface area contributed by atoms with E-state index in [0.29, 0.717) is 13.0 Å². The molecule has 0 aliphatic heterocycles. The van der Waals surface area contributed by atoms with Gasteiger partial charge < -0.3 is 9.53 Å². The van der Waals surface area contributed by atoms with E-state index in [9.17, 15) is 9.59 Å². The van der Waals surface area contributed by atoms with Gasteiger partial charge in [-0.15, -0.1) is 0 Å². The minimum atomic E-state index is -0.361. The first-order valence-electron chi connectivity index (χ1n) is 5.42. The summed E-state index contributed by atoms with van der Waals surface area (Å²) in [6.45, 7) is 2.11. The molecule has 0 aliphatic rings. The summed E-state index contributed by atoms with van der Waals surface area (Å²) >= 11 is 0. The number of carbonyl (C=O) groups is 2. The number of carbonyl (C=O) groups excluding carboxylic acids is 2. The van der Waals surface area contributed by atoms with Gasteiger partial charge in [-0.25, -0.2) is 0 Å². The van der Waals surface area contributed by atoms with Crippen LogP contribution in [0.2, 0.25) is 0 Å². The van der Waals surface area contributed by atoms with E-state index in [0.717, 1.165) is 11.8 Å². The largest absolute Gasteiger partial charge is 0.466 e. The van der Waals surface area contributed by atoms with Crippen LogP contribution in [0.25, 0.3) is 0 Å². The lowest BCUT2D eigenvalue weighted by Gasteiger charge is -2.12. The van der Waals surface area contributed by atoms with Gasteiger partial charge in [0.05, 0.1) is 12.5 Å². The third kappa shape index (κ3) is 3.85. The monoisotopic (exact) mass is 220 g/mol. The highest BCUT2D eigenvalue weighted by Gasteiger charge is 2.19. The molecular formula is C13H16O3. The van der Waals surface area contributed by atoms with E-state index in [1.54, 1.807) is 6.92 Å². The van der Waals surface area contributed by atoms with Gasteiger partial charge in [0, 0.05) is 6.42 Å². The smallest absolute Gasteiger partial charge is 0.309 e. The summed E-state index contributed by atoms with van der Waals surface area (Å²) in [6, 6.07) is 9.63. The molecule has 1 atom stereocenters. The summed E-state index contributed by atoms with van der Waals surface area (Å²) in [5.41, 5.74) is 1.04. The SMILES string of the molecule is CCOC(=O)[C@@H](CC=O)Cc1ccccc1. The Morgan fingerprint density at radius 2 is 2.06 bits per heavy atom. The van der Waals surface area contributed by atoms with Crippen LogP contribution in [-0.2, 0) is 20.7 Å². The molecule has 0 saturated heterocycles. The molecule has 0 aromatic heterocycles. The molecule has 1 rings (SSSR count). The van der Waals surface area contributed by atoms with Crippen molar-refractivity contribution in [3.05, 3.63) is 35.9 Å². The number of hydrogen-bond donors (Lipinski definition) is 0. The molecule has 0 spiro atoms. The third-order valence-corrected chi connectivity index (χ3v) is 2.33. The van der Waals surface area contributed by atoms with E-state index >= 15 is 0 Å². The van der Waals surface area contributed by atoms with Crippen LogP contribution >= 0.6 is 0 Å². The van der Waals surface area contributed by atoms with E-state index in [4.69, 9.17) is 4.74 Å². The molecular weight excluding hydrogens is 204 g/mol. The average Bonchev–Trinajstić information content (AvgIpc) is 2.30. The summed E-state index contributed by atoms with van der Waals surface area (Å²) in [5, 5.41) is 0. The second-order valence-electron chi connectivity index (χ2n) is 3.54. The van der Waals surface area contributed by atoms with Crippen LogP contribution in [0, 0.1) is 5.92 Å². The van der Waals surface area contributed by atoms with E-state index in [1.165, 1.54) is 0 Å². The Hall–Kier alpha value is -1.64. The fourth-order valence-corrected chi connectivity index (χ4v) is 1.54. The normalized spacial score (nSPS) is 11.8. The van der Waals surface area contributed by atoms with Crippen LogP contribution in [0.5, 0.6) is 0 Å². The second kappa shape index (κ2) is 6.77. The lowest BCUT2D eigenvalue weighted by atomic mass is 9.97. The zero-order valence-corrected chi connectivity index (χ0v) is 9.39. The molecule has 0 saturated carbocycles. The van der Waals surface area contributed by atoms with E-state index in [2.05, 4.69) is 0 Å². The Labute approximate surface area is 95.4 Å². The van der Waals surface area contributed by atoms with E-state index < -0.39 is 0 Å². The minimum absolute atomic E-state index is 0.216. The van der Waals surface area contributed by atoms with Crippen molar-refractivity contribution < 1.29 is 14.3 Å². The molecule has 0 aliphatic carbocycles. The van der Waals surface area contributed by atoms with Crippen LogP contribution in [-0.4, -0.2) is 18.9 Å². The summed E-state index contributed by atoms with van der Waals surface area (Å²) in [4.78, 5) is 22.1. The molecule has 16 heavy (non-hydrogen) atoms. The minimum Gasteiger partial charge on any atom is -0.466 e. The third-order valence-electron chi connectivity index (χ3n) is 2.33. The number of aldehydes is 1. The molecule has 0 bridgehead atoms. The number of rotatable bonds is 6. The van der Waals surface area contributed by atoms with Crippen molar-refractivity contribution in [2.45, 2.75) is 19.8 Å². The van der Waals surface area contributed by atoms with Gasteiger partial charge in [0.2, 0.25) is 0 Å². The fourth-order valence-electron chi connectivity index (χ4n) is 1.54. The van der Waals surface area contributed by atoms with Gasteiger partial charge in [-0.3, -0.25) is 4.79 Å². The van der Waals surface area contributed by atoms with Gasteiger partial charge in [-0.05, 0) is 18.9 Å².